The first-order valence-corrected chi connectivity index (χ1v) is 8.16. The maximum absolute atomic E-state index is 12.6. The number of nitrogens with one attached hydrogen (secondary N) is 1. The molecule has 0 bridgehead atoms. The number of ether oxygens (including phenoxy) is 2. The topological polar surface area (TPSA) is 79.8 Å². The van der Waals surface area contributed by atoms with Crippen LogP contribution in [0.5, 0.6) is 11.5 Å². The predicted molar refractivity (Wildman–Crippen MR) is 91.3 cm³/mol. The first-order valence-electron chi connectivity index (χ1n) is 8.16. The van der Waals surface area contributed by atoms with Crippen LogP contribution in [0.1, 0.15) is 10.5 Å². The summed E-state index contributed by atoms with van der Waals surface area (Å²) >= 11 is 0. The lowest BCUT2D eigenvalue weighted by Gasteiger charge is -2.32. The molecule has 3 heterocycles. The highest BCUT2D eigenvalue weighted by atomic mass is 16.7. The van der Waals surface area contributed by atoms with E-state index in [9.17, 15) is 4.79 Å². The molecule has 1 saturated heterocycles. The van der Waals surface area contributed by atoms with Crippen LogP contribution in [0.15, 0.2) is 30.5 Å². The lowest BCUT2D eigenvalue weighted by Crippen LogP contribution is -2.47. The minimum absolute atomic E-state index is 0.0655. The van der Waals surface area contributed by atoms with E-state index in [1.165, 1.54) is 0 Å². The second kappa shape index (κ2) is 6.56. The summed E-state index contributed by atoms with van der Waals surface area (Å²) in [6.45, 7) is 3.40. The number of nitrogens with zero attached hydrogens (tertiary/aromatic N) is 4. The molecule has 0 unspecified atom stereocenters. The van der Waals surface area contributed by atoms with Crippen LogP contribution in [0.4, 0.5) is 11.6 Å². The van der Waals surface area contributed by atoms with Crippen LogP contribution in [0.2, 0.25) is 0 Å². The Morgan fingerprint density at radius 3 is 2.76 bits per heavy atom. The van der Waals surface area contributed by atoms with Crippen LogP contribution in [-0.4, -0.2) is 65.7 Å². The fourth-order valence-electron chi connectivity index (χ4n) is 2.81. The van der Waals surface area contributed by atoms with Crippen molar-refractivity contribution in [2.45, 2.75) is 0 Å². The zero-order valence-electron chi connectivity index (χ0n) is 13.9. The lowest BCUT2D eigenvalue weighted by atomic mass is 10.2. The van der Waals surface area contributed by atoms with Crippen LogP contribution in [0.25, 0.3) is 0 Å². The van der Waals surface area contributed by atoms with Crippen molar-refractivity contribution in [1.29, 1.82) is 0 Å². The third-order valence-corrected chi connectivity index (χ3v) is 4.29. The van der Waals surface area contributed by atoms with Crippen LogP contribution < -0.4 is 14.8 Å². The van der Waals surface area contributed by atoms with E-state index in [0.717, 1.165) is 18.8 Å². The van der Waals surface area contributed by atoms with Crippen molar-refractivity contribution in [3.05, 3.63) is 36.2 Å². The minimum atomic E-state index is -0.0655. The average molecular weight is 341 g/mol. The number of carbonyl (C=O) groups is 1. The van der Waals surface area contributed by atoms with Gasteiger partial charge in [0, 0.05) is 44.1 Å². The fraction of sp³-hybridized carbons (Fsp3) is 0.353. The van der Waals surface area contributed by atoms with Gasteiger partial charge in [0.1, 0.15) is 5.69 Å². The Labute approximate surface area is 145 Å². The van der Waals surface area contributed by atoms with E-state index in [-0.39, 0.29) is 12.7 Å². The summed E-state index contributed by atoms with van der Waals surface area (Å²) in [5.41, 5.74) is 1.16. The highest BCUT2D eigenvalue weighted by Gasteiger charge is 2.21. The van der Waals surface area contributed by atoms with Gasteiger partial charge in [-0.1, -0.05) is 0 Å². The number of carbonyl (C=O) groups excluding carboxylic acids is 1. The Morgan fingerprint density at radius 1 is 1.12 bits per heavy atom. The molecule has 0 spiro atoms. The molecule has 4 rings (SSSR count). The third-order valence-electron chi connectivity index (χ3n) is 4.29. The molecule has 1 amide bonds. The molecular formula is C17H19N5O3. The summed E-state index contributed by atoms with van der Waals surface area (Å²) in [5.74, 6) is 1.70. The molecule has 1 N–H and O–H groups in total. The normalized spacial score (nSPS) is 16.8. The Bertz CT molecular complexity index is 790. The van der Waals surface area contributed by atoms with Gasteiger partial charge in [-0.05, 0) is 25.2 Å². The zero-order valence-corrected chi connectivity index (χ0v) is 13.9. The monoisotopic (exact) mass is 341 g/mol. The van der Waals surface area contributed by atoms with E-state index < -0.39 is 0 Å². The molecule has 1 aromatic carbocycles. The van der Waals surface area contributed by atoms with Crippen molar-refractivity contribution in [3.8, 4) is 11.5 Å². The van der Waals surface area contributed by atoms with Crippen molar-refractivity contribution >= 4 is 17.5 Å². The van der Waals surface area contributed by atoms with Crippen LogP contribution in [-0.2, 0) is 0 Å². The Hall–Kier alpha value is -2.87. The van der Waals surface area contributed by atoms with E-state index in [4.69, 9.17) is 9.47 Å². The standard InChI is InChI=1S/C17H19N5O3/c1-21-6-8-22(9-7-21)16(23)13-4-5-18-17(20-13)19-12-2-3-14-15(10-12)25-11-24-14/h2-5,10H,6-9,11H2,1H3,(H,18,19,20). The number of aromatic nitrogens is 2. The van der Waals surface area contributed by atoms with E-state index in [0.29, 0.717) is 36.2 Å². The van der Waals surface area contributed by atoms with E-state index >= 15 is 0 Å². The highest BCUT2D eigenvalue weighted by molar-refractivity contribution is 5.92. The van der Waals surface area contributed by atoms with Crippen LogP contribution in [0, 0.1) is 0 Å². The molecule has 0 radical (unpaired) electrons. The molecule has 1 aromatic heterocycles. The smallest absolute Gasteiger partial charge is 0.272 e. The predicted octanol–water partition coefficient (Wildman–Crippen LogP) is 1.34. The van der Waals surface area contributed by atoms with E-state index in [1.807, 2.05) is 23.1 Å². The van der Waals surface area contributed by atoms with Gasteiger partial charge in [0.15, 0.2) is 11.5 Å². The number of hydrogen-bond acceptors (Lipinski definition) is 7. The van der Waals surface area contributed by atoms with Gasteiger partial charge in [-0.25, -0.2) is 9.97 Å². The largest absolute Gasteiger partial charge is 0.454 e. The first-order chi connectivity index (χ1) is 12.2. The summed E-state index contributed by atoms with van der Waals surface area (Å²) in [6.07, 6.45) is 1.59. The van der Waals surface area contributed by atoms with E-state index in [1.54, 1.807) is 12.3 Å². The van der Waals surface area contributed by atoms with Crippen molar-refractivity contribution in [2.24, 2.45) is 0 Å². The second-order valence-electron chi connectivity index (χ2n) is 6.05. The van der Waals surface area contributed by atoms with Gasteiger partial charge in [-0.2, -0.15) is 0 Å². The van der Waals surface area contributed by atoms with Gasteiger partial charge in [0.05, 0.1) is 0 Å². The first kappa shape index (κ1) is 15.6. The Balaban J connectivity index is 1.48. The van der Waals surface area contributed by atoms with Crippen molar-refractivity contribution in [3.63, 3.8) is 0 Å². The number of likely N-dealkylation sites (N-methyl/N-ethyl adjacent to an activating group) is 1. The minimum Gasteiger partial charge on any atom is -0.454 e. The number of hydrogen-bond donors (Lipinski definition) is 1. The molecule has 0 aliphatic carbocycles. The van der Waals surface area contributed by atoms with Gasteiger partial charge >= 0.3 is 0 Å². The van der Waals surface area contributed by atoms with Crippen LogP contribution >= 0.6 is 0 Å². The number of benzene rings is 1. The molecule has 25 heavy (non-hydrogen) atoms. The number of amides is 1. The van der Waals surface area contributed by atoms with Gasteiger partial charge in [0.2, 0.25) is 12.7 Å². The summed E-state index contributed by atoms with van der Waals surface area (Å²) in [5, 5.41) is 3.10. The maximum Gasteiger partial charge on any atom is 0.272 e. The zero-order chi connectivity index (χ0) is 17.2. The SMILES string of the molecule is CN1CCN(C(=O)c2ccnc(Nc3ccc4c(c3)OCO4)n2)CC1. The maximum atomic E-state index is 12.6. The fourth-order valence-corrected chi connectivity index (χ4v) is 2.81. The van der Waals surface area contributed by atoms with Crippen molar-refractivity contribution in [2.75, 3.05) is 45.3 Å². The lowest BCUT2D eigenvalue weighted by molar-refractivity contribution is 0.0658. The van der Waals surface area contributed by atoms with E-state index in [2.05, 4.69) is 27.2 Å². The molecule has 0 atom stereocenters. The van der Waals surface area contributed by atoms with Crippen molar-refractivity contribution in [1.82, 2.24) is 19.8 Å². The number of rotatable bonds is 3. The molecule has 2 aromatic rings. The Morgan fingerprint density at radius 2 is 1.92 bits per heavy atom. The summed E-state index contributed by atoms with van der Waals surface area (Å²) in [4.78, 5) is 25.2. The molecule has 0 saturated carbocycles. The molecule has 8 heteroatoms. The highest BCUT2D eigenvalue weighted by Crippen LogP contribution is 2.34. The third kappa shape index (κ3) is 3.34. The summed E-state index contributed by atoms with van der Waals surface area (Å²) < 4.78 is 10.7. The van der Waals surface area contributed by atoms with Gasteiger partial charge < -0.3 is 24.6 Å². The van der Waals surface area contributed by atoms with Crippen molar-refractivity contribution < 1.29 is 14.3 Å². The van der Waals surface area contributed by atoms with Gasteiger partial charge in [-0.3, -0.25) is 4.79 Å². The van der Waals surface area contributed by atoms with Crippen LogP contribution in [0.3, 0.4) is 0 Å². The Kier molecular flexibility index (Phi) is 4.10. The molecule has 2 aliphatic heterocycles. The molecule has 130 valence electrons. The van der Waals surface area contributed by atoms with Gasteiger partial charge in [-0.15, -0.1) is 0 Å². The molecule has 8 nitrogen and oxygen atoms in total. The average Bonchev–Trinajstić information content (AvgIpc) is 3.10. The number of anilines is 2. The summed E-state index contributed by atoms with van der Waals surface area (Å²) in [6, 6.07) is 7.14. The summed E-state index contributed by atoms with van der Waals surface area (Å²) in [7, 11) is 2.06. The molecule has 2 aliphatic rings. The second-order valence-corrected chi connectivity index (χ2v) is 6.05. The number of piperazine rings is 1. The molecule has 1 fully saturated rings. The molecular weight excluding hydrogens is 322 g/mol. The van der Waals surface area contributed by atoms with Gasteiger partial charge in [0.25, 0.3) is 5.91 Å². The quantitative estimate of drug-likeness (QED) is 0.902. The number of fused-ring (bicyclic) bond motifs is 1.